The van der Waals surface area contributed by atoms with E-state index in [2.05, 4.69) is 4.74 Å². The van der Waals surface area contributed by atoms with Crippen LogP contribution >= 0.6 is 11.8 Å². The molecular formula is C12H12N2O4S. The van der Waals surface area contributed by atoms with Gasteiger partial charge in [-0.2, -0.15) is 16.5 Å². The molecule has 0 atom stereocenters. The van der Waals surface area contributed by atoms with Gasteiger partial charge in [-0.15, -0.1) is 4.73 Å². The zero-order chi connectivity index (χ0) is 14.0. The van der Waals surface area contributed by atoms with Crippen LogP contribution in [0.25, 0.3) is 11.0 Å². The van der Waals surface area contributed by atoms with Crippen LogP contribution in [-0.4, -0.2) is 19.3 Å². The van der Waals surface area contributed by atoms with Gasteiger partial charge < -0.3 is 15.2 Å². The number of rotatable bonds is 3. The quantitative estimate of drug-likeness (QED) is 0.471. The van der Waals surface area contributed by atoms with Crippen LogP contribution in [0.1, 0.15) is 16.2 Å². The molecule has 0 aliphatic carbocycles. The molecule has 0 amide bonds. The molecule has 100 valence electrons. The Morgan fingerprint density at radius 2 is 1.84 bits per heavy atom. The second kappa shape index (κ2) is 5.31. The number of fused-ring (bicyclic) bond motifs is 1. The van der Waals surface area contributed by atoms with Crippen LogP contribution in [0.5, 0.6) is 0 Å². The first-order valence-corrected chi connectivity index (χ1v) is 6.85. The van der Waals surface area contributed by atoms with Gasteiger partial charge in [0.15, 0.2) is 0 Å². The standard InChI is InChI=1S/C12H12N2O4S/c1-18-12(15)11-10(7-19-2)13(16)8-5-3-4-6-9(8)14(11)17/h3-6H,7H2,1-2H3. The molecular weight excluding hydrogens is 268 g/mol. The Labute approximate surface area is 113 Å². The minimum Gasteiger partial charge on any atom is -0.618 e. The number of ether oxygens (including phenoxy) is 1. The number of hydrogen-bond donors (Lipinski definition) is 0. The molecule has 0 radical (unpaired) electrons. The lowest BCUT2D eigenvalue weighted by atomic mass is 10.2. The minimum absolute atomic E-state index is 0.105. The van der Waals surface area contributed by atoms with E-state index in [0.717, 1.165) is 0 Å². The van der Waals surface area contributed by atoms with E-state index in [9.17, 15) is 15.2 Å². The third-order valence-corrected chi connectivity index (χ3v) is 3.26. The molecule has 7 heteroatoms. The van der Waals surface area contributed by atoms with E-state index in [4.69, 9.17) is 0 Å². The van der Waals surface area contributed by atoms with Crippen molar-refractivity contribution >= 4 is 28.8 Å². The number of methoxy groups -OCH3 is 1. The van der Waals surface area contributed by atoms with Crippen LogP contribution < -0.4 is 9.46 Å². The van der Waals surface area contributed by atoms with E-state index >= 15 is 0 Å². The molecule has 2 aromatic rings. The number of hydrogen-bond acceptors (Lipinski definition) is 5. The first-order chi connectivity index (χ1) is 9.11. The molecule has 19 heavy (non-hydrogen) atoms. The zero-order valence-electron chi connectivity index (χ0n) is 10.5. The summed E-state index contributed by atoms with van der Waals surface area (Å²) in [6.07, 6.45) is 1.78. The third kappa shape index (κ3) is 2.17. The molecule has 0 saturated heterocycles. The highest BCUT2D eigenvalue weighted by molar-refractivity contribution is 7.97. The Morgan fingerprint density at radius 3 is 2.37 bits per heavy atom. The number of carbonyl (C=O) groups excluding carboxylic acids is 1. The Kier molecular flexibility index (Phi) is 3.75. The number of para-hydroxylation sites is 2. The summed E-state index contributed by atoms with van der Waals surface area (Å²) in [4.78, 5) is 11.7. The molecule has 0 fully saturated rings. The molecule has 1 aromatic heterocycles. The van der Waals surface area contributed by atoms with Gasteiger partial charge in [-0.3, -0.25) is 0 Å². The van der Waals surface area contributed by atoms with Crippen LogP contribution in [0.15, 0.2) is 24.3 Å². The van der Waals surface area contributed by atoms with Gasteiger partial charge in [0.05, 0.1) is 12.9 Å². The third-order valence-electron chi connectivity index (χ3n) is 2.70. The summed E-state index contributed by atoms with van der Waals surface area (Å²) in [5, 5.41) is 24.5. The summed E-state index contributed by atoms with van der Waals surface area (Å²) < 4.78 is 5.66. The summed E-state index contributed by atoms with van der Waals surface area (Å²) >= 11 is 1.35. The molecule has 0 aliphatic rings. The van der Waals surface area contributed by atoms with E-state index in [0.29, 0.717) is 9.46 Å². The molecule has 2 rings (SSSR count). The SMILES string of the molecule is COC(=O)c1c(CSC)[n+]([O-])c2ccccc2[n+]1[O-]. The largest absolute Gasteiger partial charge is 0.618 e. The lowest BCUT2D eigenvalue weighted by Crippen LogP contribution is -2.47. The van der Waals surface area contributed by atoms with Crippen LogP contribution in [0.4, 0.5) is 0 Å². The van der Waals surface area contributed by atoms with Gasteiger partial charge in [-0.1, -0.05) is 12.1 Å². The van der Waals surface area contributed by atoms with Crippen molar-refractivity contribution in [2.45, 2.75) is 5.75 Å². The molecule has 0 unspecified atom stereocenters. The minimum atomic E-state index is -0.811. The Morgan fingerprint density at radius 1 is 1.26 bits per heavy atom. The maximum absolute atomic E-state index is 12.3. The average molecular weight is 280 g/mol. The fraction of sp³-hybridized carbons (Fsp3) is 0.250. The van der Waals surface area contributed by atoms with Crippen molar-refractivity contribution in [3.05, 3.63) is 46.1 Å². The van der Waals surface area contributed by atoms with Crippen molar-refractivity contribution in [2.75, 3.05) is 13.4 Å². The summed E-state index contributed by atoms with van der Waals surface area (Å²) in [7, 11) is 1.18. The van der Waals surface area contributed by atoms with Gasteiger partial charge in [-0.25, -0.2) is 4.79 Å². The molecule has 0 bridgehead atoms. The Balaban J connectivity index is 2.87. The van der Waals surface area contributed by atoms with Crippen molar-refractivity contribution in [1.29, 1.82) is 0 Å². The second-order valence-electron chi connectivity index (χ2n) is 3.80. The Bertz CT molecular complexity index is 645. The van der Waals surface area contributed by atoms with Crippen molar-refractivity contribution in [1.82, 2.24) is 0 Å². The fourth-order valence-corrected chi connectivity index (χ4v) is 2.38. The summed E-state index contributed by atoms with van der Waals surface area (Å²) in [6.45, 7) is 0. The van der Waals surface area contributed by atoms with Gasteiger partial charge in [0, 0.05) is 12.1 Å². The highest BCUT2D eigenvalue weighted by atomic mass is 32.2. The number of thioether (sulfide) groups is 1. The molecule has 0 spiro atoms. The maximum Gasteiger partial charge on any atom is 0.411 e. The van der Waals surface area contributed by atoms with Crippen molar-refractivity contribution in [3.63, 3.8) is 0 Å². The van der Waals surface area contributed by atoms with Crippen LogP contribution in [0.2, 0.25) is 0 Å². The van der Waals surface area contributed by atoms with E-state index in [1.807, 2.05) is 0 Å². The van der Waals surface area contributed by atoms with Crippen molar-refractivity contribution < 1.29 is 19.0 Å². The maximum atomic E-state index is 12.3. The van der Waals surface area contributed by atoms with E-state index in [-0.39, 0.29) is 28.2 Å². The zero-order valence-corrected chi connectivity index (χ0v) is 11.3. The topological polar surface area (TPSA) is 80.2 Å². The highest BCUT2D eigenvalue weighted by Gasteiger charge is 2.33. The van der Waals surface area contributed by atoms with Crippen molar-refractivity contribution in [3.8, 4) is 0 Å². The normalized spacial score (nSPS) is 10.6. The van der Waals surface area contributed by atoms with E-state index < -0.39 is 5.97 Å². The molecule has 0 saturated carbocycles. The number of nitrogens with zero attached hydrogens (tertiary/aromatic N) is 2. The van der Waals surface area contributed by atoms with E-state index in [1.165, 1.54) is 24.9 Å². The summed E-state index contributed by atoms with van der Waals surface area (Å²) in [5.74, 6) is -0.560. The first kappa shape index (κ1) is 13.4. The molecule has 1 aromatic carbocycles. The number of esters is 1. The van der Waals surface area contributed by atoms with Gasteiger partial charge in [-0.05, 0) is 6.26 Å². The van der Waals surface area contributed by atoms with Crippen molar-refractivity contribution in [2.24, 2.45) is 0 Å². The van der Waals surface area contributed by atoms with Crippen LogP contribution in [-0.2, 0) is 10.5 Å². The number of carbonyl (C=O) groups is 1. The summed E-state index contributed by atoms with van der Waals surface area (Å²) in [5.41, 5.74) is 0.218. The van der Waals surface area contributed by atoms with Crippen LogP contribution in [0.3, 0.4) is 0 Å². The average Bonchev–Trinajstić information content (AvgIpc) is 2.44. The van der Waals surface area contributed by atoms with E-state index in [1.54, 1.807) is 24.5 Å². The Hall–Kier alpha value is -2.02. The summed E-state index contributed by atoms with van der Waals surface area (Å²) in [6, 6.07) is 6.33. The second-order valence-corrected chi connectivity index (χ2v) is 4.66. The molecule has 1 heterocycles. The predicted octanol–water partition coefficient (Wildman–Crippen LogP) is 0.756. The smallest absolute Gasteiger partial charge is 0.411 e. The lowest BCUT2D eigenvalue weighted by Gasteiger charge is -2.11. The van der Waals surface area contributed by atoms with Crippen LogP contribution in [0, 0.1) is 10.4 Å². The van der Waals surface area contributed by atoms with Gasteiger partial charge in [0.25, 0.3) is 16.7 Å². The molecule has 0 N–H and O–H groups in total. The fourth-order valence-electron chi connectivity index (χ4n) is 1.85. The van der Waals surface area contributed by atoms with Gasteiger partial charge in [0.1, 0.15) is 0 Å². The first-order valence-electron chi connectivity index (χ1n) is 5.45. The van der Waals surface area contributed by atoms with Gasteiger partial charge >= 0.3 is 11.7 Å². The molecule has 0 aliphatic heterocycles. The number of benzene rings is 1. The van der Waals surface area contributed by atoms with Gasteiger partial charge in [0.2, 0.25) is 0 Å². The molecule has 6 nitrogen and oxygen atoms in total. The number of aromatic nitrogens is 2. The lowest BCUT2D eigenvalue weighted by molar-refractivity contribution is -0.635. The predicted molar refractivity (Wildman–Crippen MR) is 70.4 cm³/mol. The monoisotopic (exact) mass is 280 g/mol. The highest BCUT2D eigenvalue weighted by Crippen LogP contribution is 2.14.